The molecule has 0 bridgehead atoms. The van der Waals surface area contributed by atoms with Crippen LogP contribution in [0.5, 0.6) is 0 Å². The lowest BCUT2D eigenvalue weighted by Crippen LogP contribution is -2.36. The normalized spacial score (nSPS) is 11.6. The standard InChI is InChI=1S/C20H17ClN2O2S/c1-13-9-10-15(12-16(13)21)22-20(25)18(14-6-3-2-4-7-14)23-19(24)17-8-5-11-26-17/h2-12,18H,1H3,(H,22,25)(H,23,24). The fourth-order valence-electron chi connectivity index (χ4n) is 2.44. The molecule has 0 aliphatic heterocycles. The van der Waals surface area contributed by atoms with E-state index in [2.05, 4.69) is 10.6 Å². The van der Waals surface area contributed by atoms with Crippen molar-refractivity contribution in [3.63, 3.8) is 0 Å². The number of amides is 2. The monoisotopic (exact) mass is 384 g/mol. The van der Waals surface area contributed by atoms with Crippen LogP contribution in [0, 0.1) is 6.92 Å². The van der Waals surface area contributed by atoms with Crippen LogP contribution in [0.3, 0.4) is 0 Å². The lowest BCUT2D eigenvalue weighted by atomic mass is 10.1. The van der Waals surface area contributed by atoms with Crippen LogP contribution in [-0.4, -0.2) is 11.8 Å². The topological polar surface area (TPSA) is 58.2 Å². The molecule has 0 saturated carbocycles. The van der Waals surface area contributed by atoms with E-state index >= 15 is 0 Å². The van der Waals surface area contributed by atoms with Gasteiger partial charge in [0.15, 0.2) is 0 Å². The van der Waals surface area contributed by atoms with Crippen molar-refractivity contribution in [1.82, 2.24) is 5.32 Å². The van der Waals surface area contributed by atoms with Gasteiger partial charge in [0, 0.05) is 10.7 Å². The highest BCUT2D eigenvalue weighted by molar-refractivity contribution is 7.12. The summed E-state index contributed by atoms with van der Waals surface area (Å²) in [5.74, 6) is -0.619. The Bertz CT molecular complexity index is 911. The number of carbonyl (C=O) groups excluding carboxylic acids is 2. The van der Waals surface area contributed by atoms with E-state index in [4.69, 9.17) is 11.6 Å². The molecule has 1 heterocycles. The second-order valence-corrected chi connectivity index (χ2v) is 7.10. The maximum atomic E-state index is 12.8. The van der Waals surface area contributed by atoms with Gasteiger partial charge < -0.3 is 10.6 Å². The van der Waals surface area contributed by atoms with E-state index < -0.39 is 6.04 Å². The summed E-state index contributed by atoms with van der Waals surface area (Å²) in [4.78, 5) is 25.8. The fourth-order valence-corrected chi connectivity index (χ4v) is 3.25. The summed E-state index contributed by atoms with van der Waals surface area (Å²) < 4.78 is 0. The average molecular weight is 385 g/mol. The van der Waals surface area contributed by atoms with E-state index in [1.807, 2.05) is 36.6 Å². The van der Waals surface area contributed by atoms with E-state index in [-0.39, 0.29) is 11.8 Å². The van der Waals surface area contributed by atoms with Gasteiger partial charge in [0.1, 0.15) is 6.04 Å². The van der Waals surface area contributed by atoms with Crippen molar-refractivity contribution in [2.24, 2.45) is 0 Å². The molecule has 0 radical (unpaired) electrons. The number of hydrogen-bond donors (Lipinski definition) is 2. The fraction of sp³-hybridized carbons (Fsp3) is 0.100. The van der Waals surface area contributed by atoms with E-state index in [0.717, 1.165) is 5.56 Å². The average Bonchev–Trinajstić information content (AvgIpc) is 3.18. The summed E-state index contributed by atoms with van der Waals surface area (Å²) in [6, 6.07) is 17.1. The summed E-state index contributed by atoms with van der Waals surface area (Å²) >= 11 is 7.45. The molecule has 3 aromatic rings. The zero-order chi connectivity index (χ0) is 18.5. The summed E-state index contributed by atoms with van der Waals surface area (Å²) in [5, 5.41) is 8.02. The molecule has 0 aliphatic carbocycles. The number of benzene rings is 2. The molecule has 26 heavy (non-hydrogen) atoms. The molecule has 3 rings (SSSR count). The van der Waals surface area contributed by atoms with Crippen molar-refractivity contribution in [1.29, 1.82) is 0 Å². The van der Waals surface area contributed by atoms with Crippen molar-refractivity contribution >= 4 is 40.4 Å². The van der Waals surface area contributed by atoms with Crippen LogP contribution in [-0.2, 0) is 4.79 Å². The van der Waals surface area contributed by atoms with Crippen molar-refractivity contribution in [2.75, 3.05) is 5.32 Å². The van der Waals surface area contributed by atoms with Gasteiger partial charge in [-0.15, -0.1) is 11.3 Å². The number of aryl methyl sites for hydroxylation is 1. The van der Waals surface area contributed by atoms with Gasteiger partial charge in [-0.05, 0) is 41.6 Å². The highest BCUT2D eigenvalue weighted by Crippen LogP contribution is 2.22. The molecule has 1 unspecified atom stereocenters. The molecule has 0 spiro atoms. The zero-order valence-corrected chi connectivity index (χ0v) is 15.6. The Kier molecular flexibility index (Phi) is 5.71. The molecule has 132 valence electrons. The van der Waals surface area contributed by atoms with Crippen molar-refractivity contribution in [3.05, 3.63) is 87.1 Å². The van der Waals surface area contributed by atoms with E-state index in [9.17, 15) is 9.59 Å². The molecular weight excluding hydrogens is 368 g/mol. The summed E-state index contributed by atoms with van der Waals surface area (Å²) in [6.45, 7) is 1.89. The summed E-state index contributed by atoms with van der Waals surface area (Å²) in [5.41, 5.74) is 2.21. The van der Waals surface area contributed by atoms with Crippen LogP contribution >= 0.6 is 22.9 Å². The minimum Gasteiger partial charge on any atom is -0.336 e. The third-order valence-electron chi connectivity index (χ3n) is 3.85. The largest absolute Gasteiger partial charge is 0.336 e. The smallest absolute Gasteiger partial charge is 0.262 e. The summed E-state index contributed by atoms with van der Waals surface area (Å²) in [6.07, 6.45) is 0. The van der Waals surface area contributed by atoms with Crippen molar-refractivity contribution in [2.45, 2.75) is 13.0 Å². The van der Waals surface area contributed by atoms with Crippen LogP contribution in [0.2, 0.25) is 5.02 Å². The van der Waals surface area contributed by atoms with Crippen LogP contribution < -0.4 is 10.6 Å². The molecule has 1 aromatic heterocycles. The Hall–Kier alpha value is -2.63. The quantitative estimate of drug-likeness (QED) is 0.662. The Morgan fingerprint density at radius 2 is 1.81 bits per heavy atom. The number of carbonyl (C=O) groups is 2. The first kappa shape index (κ1) is 18.2. The minimum atomic E-state index is -0.814. The van der Waals surface area contributed by atoms with Gasteiger partial charge in [0.2, 0.25) is 0 Å². The van der Waals surface area contributed by atoms with E-state index in [1.54, 1.807) is 36.4 Å². The number of rotatable bonds is 5. The number of nitrogens with one attached hydrogen (secondary N) is 2. The third kappa shape index (κ3) is 4.31. The molecule has 4 nitrogen and oxygen atoms in total. The van der Waals surface area contributed by atoms with Crippen LogP contribution in [0.25, 0.3) is 0 Å². The summed E-state index contributed by atoms with van der Waals surface area (Å²) in [7, 11) is 0. The SMILES string of the molecule is Cc1ccc(NC(=O)C(NC(=O)c2cccs2)c2ccccc2)cc1Cl. The maximum Gasteiger partial charge on any atom is 0.262 e. The molecule has 6 heteroatoms. The molecule has 0 aliphatic rings. The molecule has 2 N–H and O–H groups in total. The Morgan fingerprint density at radius 3 is 2.46 bits per heavy atom. The molecular formula is C20H17ClN2O2S. The van der Waals surface area contributed by atoms with Gasteiger partial charge in [-0.1, -0.05) is 54.1 Å². The molecule has 0 fully saturated rings. The van der Waals surface area contributed by atoms with E-state index in [0.29, 0.717) is 21.2 Å². The number of thiophene rings is 1. The minimum absolute atomic E-state index is 0.286. The Morgan fingerprint density at radius 1 is 1.04 bits per heavy atom. The molecule has 1 atom stereocenters. The predicted octanol–water partition coefficient (Wildman–Crippen LogP) is 4.82. The molecule has 2 amide bonds. The third-order valence-corrected chi connectivity index (χ3v) is 5.13. The van der Waals surface area contributed by atoms with Crippen LogP contribution in [0.1, 0.15) is 26.8 Å². The Labute approximate surface area is 160 Å². The van der Waals surface area contributed by atoms with Gasteiger partial charge in [-0.2, -0.15) is 0 Å². The van der Waals surface area contributed by atoms with Crippen LogP contribution in [0.4, 0.5) is 5.69 Å². The Balaban J connectivity index is 1.83. The molecule has 2 aromatic carbocycles. The van der Waals surface area contributed by atoms with Crippen molar-refractivity contribution in [3.8, 4) is 0 Å². The lowest BCUT2D eigenvalue weighted by Gasteiger charge is -2.19. The highest BCUT2D eigenvalue weighted by Gasteiger charge is 2.24. The number of anilines is 1. The first-order valence-corrected chi connectivity index (χ1v) is 9.26. The second kappa shape index (κ2) is 8.17. The second-order valence-electron chi connectivity index (χ2n) is 5.75. The number of halogens is 1. The maximum absolute atomic E-state index is 12.8. The first-order valence-electron chi connectivity index (χ1n) is 8.01. The number of hydrogen-bond acceptors (Lipinski definition) is 3. The van der Waals surface area contributed by atoms with Gasteiger partial charge in [0.25, 0.3) is 11.8 Å². The van der Waals surface area contributed by atoms with Crippen molar-refractivity contribution < 1.29 is 9.59 Å². The predicted molar refractivity (Wildman–Crippen MR) is 106 cm³/mol. The van der Waals surface area contributed by atoms with Gasteiger partial charge in [0.05, 0.1) is 4.88 Å². The van der Waals surface area contributed by atoms with E-state index in [1.165, 1.54) is 11.3 Å². The first-order chi connectivity index (χ1) is 12.5. The molecule has 0 saturated heterocycles. The zero-order valence-electron chi connectivity index (χ0n) is 14.0. The van der Waals surface area contributed by atoms with Gasteiger partial charge in [-0.25, -0.2) is 0 Å². The van der Waals surface area contributed by atoms with Crippen LogP contribution in [0.15, 0.2) is 66.0 Å². The van der Waals surface area contributed by atoms with Gasteiger partial charge >= 0.3 is 0 Å². The lowest BCUT2D eigenvalue weighted by molar-refractivity contribution is -0.118. The van der Waals surface area contributed by atoms with Gasteiger partial charge in [-0.3, -0.25) is 9.59 Å². The highest BCUT2D eigenvalue weighted by atomic mass is 35.5.